The number of hydrogen-bond acceptors (Lipinski definition) is 3. The van der Waals surface area contributed by atoms with Gasteiger partial charge in [0.2, 0.25) is 0 Å². The number of aromatic nitrogens is 1. The molecule has 36 heavy (non-hydrogen) atoms. The smallest absolute Gasteiger partial charge is 0.456 e. The summed E-state index contributed by atoms with van der Waals surface area (Å²) in [5, 5.41) is 4.68. The van der Waals surface area contributed by atoms with Crippen molar-refractivity contribution in [3.8, 4) is 5.69 Å². The fourth-order valence-corrected chi connectivity index (χ4v) is 5.41. The van der Waals surface area contributed by atoms with Gasteiger partial charge in [-0.05, 0) is 82.5 Å². The van der Waals surface area contributed by atoms with Crippen molar-refractivity contribution in [2.45, 2.75) is 45.8 Å². The van der Waals surface area contributed by atoms with Crippen LogP contribution in [-0.2, 0) is 9.31 Å². The summed E-state index contributed by atoms with van der Waals surface area (Å²) >= 11 is 0. The van der Waals surface area contributed by atoms with Gasteiger partial charge < -0.3 is 18.3 Å². The summed E-state index contributed by atoms with van der Waals surface area (Å²) in [5.41, 5.74) is 6.74. The molecule has 0 amide bonds. The van der Waals surface area contributed by atoms with Crippen LogP contribution in [0.15, 0.2) is 83.3 Å². The van der Waals surface area contributed by atoms with Gasteiger partial charge >= 0.3 is 7.12 Å². The van der Waals surface area contributed by atoms with Crippen LogP contribution in [-0.4, -0.2) is 22.9 Å². The molecule has 4 aromatic carbocycles. The molecule has 178 valence electrons. The van der Waals surface area contributed by atoms with Gasteiger partial charge in [-0.25, -0.2) is 0 Å². The molecule has 0 unspecified atom stereocenters. The van der Waals surface area contributed by atoms with E-state index >= 15 is 0 Å². The summed E-state index contributed by atoms with van der Waals surface area (Å²) in [7, 11) is -0.409. The highest BCUT2D eigenvalue weighted by molar-refractivity contribution is 6.62. The van der Waals surface area contributed by atoms with Crippen molar-refractivity contribution in [2.24, 2.45) is 0 Å². The van der Waals surface area contributed by atoms with Crippen molar-refractivity contribution in [3.05, 3.63) is 84.4 Å². The van der Waals surface area contributed by atoms with Gasteiger partial charge in [0.25, 0.3) is 0 Å². The molecule has 0 N–H and O–H groups in total. The minimum absolute atomic E-state index is 0.382. The van der Waals surface area contributed by atoms with Gasteiger partial charge in [0, 0.05) is 27.2 Å². The van der Waals surface area contributed by atoms with Crippen LogP contribution in [0.5, 0.6) is 0 Å². The Morgan fingerprint density at radius 3 is 2.08 bits per heavy atom. The highest BCUT2D eigenvalue weighted by Gasteiger charge is 2.51. The Labute approximate surface area is 210 Å². The first kappa shape index (κ1) is 21.7. The Kier molecular flexibility index (Phi) is 4.38. The first-order valence-electron chi connectivity index (χ1n) is 12.5. The van der Waals surface area contributed by atoms with E-state index in [0.29, 0.717) is 0 Å². The summed E-state index contributed by atoms with van der Waals surface area (Å²) in [6, 6.07) is 28.0. The number of nitrogens with zero attached hydrogens (tertiary/aromatic N) is 1. The number of rotatable bonds is 2. The highest BCUT2D eigenvalue weighted by Crippen LogP contribution is 2.38. The van der Waals surface area contributed by atoms with E-state index in [1.807, 2.05) is 12.1 Å². The van der Waals surface area contributed by atoms with E-state index in [-0.39, 0.29) is 11.2 Å². The molecule has 0 bridgehead atoms. The van der Waals surface area contributed by atoms with Crippen LogP contribution < -0.4 is 5.46 Å². The van der Waals surface area contributed by atoms with Gasteiger partial charge in [0.15, 0.2) is 0 Å². The zero-order valence-electron chi connectivity index (χ0n) is 21.3. The molecule has 0 atom stereocenters. The molecule has 2 aromatic heterocycles. The van der Waals surface area contributed by atoms with Crippen molar-refractivity contribution in [1.82, 2.24) is 4.57 Å². The van der Waals surface area contributed by atoms with E-state index in [2.05, 4.69) is 106 Å². The fraction of sp³-hybridized carbons (Fsp3) is 0.226. The lowest BCUT2D eigenvalue weighted by Crippen LogP contribution is -2.41. The minimum Gasteiger partial charge on any atom is -0.456 e. The maximum absolute atomic E-state index is 6.32. The standard InChI is InChI=1S/C31H28BNO3/c1-19-10-13-27-23(16-19)22-8-6-7-9-26(22)33(27)21-12-15-29-25(18-21)24-17-20(11-14-28(24)34-29)32-35-30(2,3)31(4,5)36-32/h6-18H,1-5H3. The third kappa shape index (κ3) is 3.03. The zero-order chi connectivity index (χ0) is 24.8. The lowest BCUT2D eigenvalue weighted by molar-refractivity contribution is 0.00578. The average Bonchev–Trinajstić information content (AvgIpc) is 3.44. The van der Waals surface area contributed by atoms with Crippen LogP contribution in [0.4, 0.5) is 0 Å². The Balaban J connectivity index is 1.42. The van der Waals surface area contributed by atoms with Gasteiger partial charge in [-0.2, -0.15) is 0 Å². The summed E-state index contributed by atoms with van der Waals surface area (Å²) < 4.78 is 21.2. The average molecular weight is 473 g/mol. The van der Waals surface area contributed by atoms with E-state index in [4.69, 9.17) is 13.7 Å². The SMILES string of the molecule is Cc1ccc2c(c1)c1ccccc1n2-c1ccc2oc3ccc(B4OC(C)(C)C(C)(C)O4)cc3c2c1. The number of para-hydroxylation sites is 1. The minimum atomic E-state index is -0.409. The normalized spacial score (nSPS) is 17.2. The van der Waals surface area contributed by atoms with Crippen molar-refractivity contribution in [1.29, 1.82) is 0 Å². The molecule has 1 fully saturated rings. The second-order valence-corrected chi connectivity index (χ2v) is 11.0. The van der Waals surface area contributed by atoms with Crippen LogP contribution in [0.3, 0.4) is 0 Å². The molecular weight excluding hydrogens is 445 g/mol. The second kappa shape index (κ2) is 7.25. The molecule has 5 heteroatoms. The van der Waals surface area contributed by atoms with Gasteiger partial charge in [0.1, 0.15) is 11.2 Å². The third-order valence-corrected chi connectivity index (χ3v) is 8.09. The molecule has 1 aliphatic rings. The van der Waals surface area contributed by atoms with Crippen LogP contribution in [0.1, 0.15) is 33.3 Å². The fourth-order valence-electron chi connectivity index (χ4n) is 5.41. The zero-order valence-corrected chi connectivity index (χ0v) is 21.3. The number of benzene rings is 4. The molecule has 0 spiro atoms. The van der Waals surface area contributed by atoms with Gasteiger partial charge in [-0.1, -0.05) is 42.0 Å². The predicted molar refractivity (Wildman–Crippen MR) is 149 cm³/mol. The van der Waals surface area contributed by atoms with Gasteiger partial charge in [-0.3, -0.25) is 0 Å². The summed E-state index contributed by atoms with van der Waals surface area (Å²) in [4.78, 5) is 0. The first-order valence-corrected chi connectivity index (χ1v) is 12.5. The number of hydrogen-bond donors (Lipinski definition) is 0. The maximum atomic E-state index is 6.32. The van der Waals surface area contributed by atoms with Crippen LogP contribution in [0, 0.1) is 6.92 Å². The van der Waals surface area contributed by atoms with Crippen molar-refractivity contribution < 1.29 is 13.7 Å². The monoisotopic (exact) mass is 473 g/mol. The highest BCUT2D eigenvalue weighted by atomic mass is 16.7. The Morgan fingerprint density at radius 2 is 1.31 bits per heavy atom. The number of fused-ring (bicyclic) bond motifs is 6. The lowest BCUT2D eigenvalue weighted by Gasteiger charge is -2.32. The van der Waals surface area contributed by atoms with Gasteiger partial charge in [0.05, 0.1) is 22.2 Å². The number of furan rings is 1. The largest absolute Gasteiger partial charge is 0.494 e. The van der Waals surface area contributed by atoms with Crippen LogP contribution >= 0.6 is 0 Å². The summed E-state index contributed by atoms with van der Waals surface area (Å²) in [5.74, 6) is 0. The molecule has 0 radical (unpaired) electrons. The summed E-state index contributed by atoms with van der Waals surface area (Å²) in [6.45, 7) is 10.5. The molecule has 7 rings (SSSR count). The van der Waals surface area contributed by atoms with E-state index in [1.54, 1.807) is 0 Å². The van der Waals surface area contributed by atoms with Crippen LogP contribution in [0.2, 0.25) is 0 Å². The molecule has 0 aliphatic carbocycles. The molecule has 4 nitrogen and oxygen atoms in total. The predicted octanol–water partition coefficient (Wildman–Crippen LogP) is 7.29. The molecule has 3 heterocycles. The molecule has 1 saturated heterocycles. The second-order valence-electron chi connectivity index (χ2n) is 11.0. The van der Waals surface area contributed by atoms with E-state index in [9.17, 15) is 0 Å². The molecular formula is C31H28BNO3. The lowest BCUT2D eigenvalue weighted by atomic mass is 9.78. The topological polar surface area (TPSA) is 36.5 Å². The summed E-state index contributed by atoms with van der Waals surface area (Å²) in [6.07, 6.45) is 0. The van der Waals surface area contributed by atoms with Gasteiger partial charge in [-0.15, -0.1) is 0 Å². The quantitative estimate of drug-likeness (QED) is 0.248. The molecule has 1 aliphatic heterocycles. The number of aryl methyl sites for hydroxylation is 1. The molecule has 6 aromatic rings. The third-order valence-electron chi connectivity index (χ3n) is 8.09. The van der Waals surface area contributed by atoms with Crippen molar-refractivity contribution in [2.75, 3.05) is 0 Å². The Hall–Kier alpha value is -3.54. The van der Waals surface area contributed by atoms with E-state index in [1.165, 1.54) is 27.4 Å². The van der Waals surface area contributed by atoms with Crippen molar-refractivity contribution >= 4 is 56.3 Å². The molecule has 0 saturated carbocycles. The van der Waals surface area contributed by atoms with E-state index in [0.717, 1.165) is 33.1 Å². The maximum Gasteiger partial charge on any atom is 0.494 e. The first-order chi connectivity index (χ1) is 17.2. The Morgan fingerprint density at radius 1 is 0.639 bits per heavy atom. The Bertz CT molecular complexity index is 1810. The van der Waals surface area contributed by atoms with Crippen molar-refractivity contribution in [3.63, 3.8) is 0 Å². The van der Waals surface area contributed by atoms with E-state index < -0.39 is 7.12 Å². The van der Waals surface area contributed by atoms with Crippen LogP contribution in [0.25, 0.3) is 49.4 Å².